The predicted octanol–water partition coefficient (Wildman–Crippen LogP) is 3.70. The first-order valence-corrected chi connectivity index (χ1v) is 5.59. The van der Waals surface area contributed by atoms with Crippen molar-refractivity contribution >= 4 is 26.8 Å². The van der Waals surface area contributed by atoms with Crippen molar-refractivity contribution in [3.05, 3.63) is 34.4 Å². The van der Waals surface area contributed by atoms with Crippen LogP contribution in [0.1, 0.15) is 12.5 Å². The molecule has 0 saturated heterocycles. The molecule has 2 nitrogen and oxygen atoms in total. The van der Waals surface area contributed by atoms with Crippen molar-refractivity contribution in [3.63, 3.8) is 0 Å². The minimum absolute atomic E-state index is 0.174. The Morgan fingerprint density at radius 1 is 1.29 bits per heavy atom. The minimum Gasteiger partial charge on any atom is -0.376 e. The Balaban J connectivity index is 2.65. The second kappa shape index (κ2) is 3.74. The van der Waals surface area contributed by atoms with Crippen LogP contribution < -0.4 is 0 Å². The number of H-pyrrole nitrogens is 1. The van der Waals surface area contributed by atoms with Gasteiger partial charge in [0, 0.05) is 27.1 Å². The SMILES string of the molecule is C[C@](O)(c1c[nH]c2cc(Br)ccc12)C(F)(F)F. The molecule has 2 N–H and O–H groups in total. The van der Waals surface area contributed by atoms with E-state index < -0.39 is 11.8 Å². The molecular weight excluding hydrogens is 299 g/mol. The lowest BCUT2D eigenvalue weighted by molar-refractivity contribution is -0.258. The van der Waals surface area contributed by atoms with Gasteiger partial charge >= 0.3 is 6.18 Å². The maximum Gasteiger partial charge on any atom is 0.421 e. The number of fused-ring (bicyclic) bond motifs is 1. The van der Waals surface area contributed by atoms with Crippen molar-refractivity contribution in [2.24, 2.45) is 0 Å². The summed E-state index contributed by atoms with van der Waals surface area (Å²) in [5.74, 6) is 0. The summed E-state index contributed by atoms with van der Waals surface area (Å²) in [6.07, 6.45) is -3.53. The van der Waals surface area contributed by atoms with Crippen LogP contribution in [-0.4, -0.2) is 16.3 Å². The van der Waals surface area contributed by atoms with Gasteiger partial charge in [0.25, 0.3) is 0 Å². The Labute approximate surface area is 104 Å². The lowest BCUT2D eigenvalue weighted by atomic mass is 9.95. The van der Waals surface area contributed by atoms with Gasteiger partial charge in [0.05, 0.1) is 0 Å². The molecule has 0 aliphatic carbocycles. The van der Waals surface area contributed by atoms with E-state index in [0.717, 1.165) is 11.4 Å². The van der Waals surface area contributed by atoms with Gasteiger partial charge in [-0.05, 0) is 19.1 Å². The van der Waals surface area contributed by atoms with Crippen molar-refractivity contribution in [1.29, 1.82) is 0 Å². The van der Waals surface area contributed by atoms with Crippen LogP contribution >= 0.6 is 15.9 Å². The molecule has 0 aliphatic rings. The van der Waals surface area contributed by atoms with Crippen molar-refractivity contribution in [3.8, 4) is 0 Å². The monoisotopic (exact) mass is 307 g/mol. The number of aliphatic hydroxyl groups is 1. The number of nitrogens with one attached hydrogen (secondary N) is 1. The smallest absolute Gasteiger partial charge is 0.376 e. The first kappa shape index (κ1) is 12.4. The van der Waals surface area contributed by atoms with E-state index >= 15 is 0 Å². The van der Waals surface area contributed by atoms with E-state index in [1.807, 2.05) is 0 Å². The third-order valence-corrected chi connectivity index (χ3v) is 3.21. The summed E-state index contributed by atoms with van der Waals surface area (Å²) in [7, 11) is 0. The molecule has 6 heteroatoms. The highest BCUT2D eigenvalue weighted by molar-refractivity contribution is 9.10. The van der Waals surface area contributed by atoms with Gasteiger partial charge < -0.3 is 10.1 Å². The fourth-order valence-corrected chi connectivity index (χ4v) is 2.01. The summed E-state index contributed by atoms with van der Waals surface area (Å²) < 4.78 is 38.9. The number of hydrogen-bond donors (Lipinski definition) is 2. The van der Waals surface area contributed by atoms with Crippen molar-refractivity contribution in [1.82, 2.24) is 4.98 Å². The number of alkyl halides is 3. The van der Waals surface area contributed by atoms with E-state index in [2.05, 4.69) is 20.9 Å². The van der Waals surface area contributed by atoms with Gasteiger partial charge in [0.2, 0.25) is 0 Å². The average molecular weight is 308 g/mol. The van der Waals surface area contributed by atoms with Crippen molar-refractivity contribution < 1.29 is 18.3 Å². The zero-order valence-electron chi connectivity index (χ0n) is 8.77. The Hall–Kier alpha value is -1.01. The highest BCUT2D eigenvalue weighted by Crippen LogP contribution is 2.41. The van der Waals surface area contributed by atoms with Crippen LogP contribution in [-0.2, 0) is 5.60 Å². The summed E-state index contributed by atoms with van der Waals surface area (Å²) in [4.78, 5) is 2.72. The second-order valence-electron chi connectivity index (χ2n) is 3.96. The maximum absolute atomic E-state index is 12.7. The molecule has 0 unspecified atom stereocenters. The summed E-state index contributed by atoms with van der Waals surface area (Å²) in [5.41, 5.74) is -2.49. The molecule has 0 fully saturated rings. The van der Waals surface area contributed by atoms with Gasteiger partial charge in [-0.25, -0.2) is 0 Å². The van der Waals surface area contributed by atoms with E-state index in [9.17, 15) is 18.3 Å². The molecule has 1 atom stereocenters. The van der Waals surface area contributed by atoms with E-state index in [-0.39, 0.29) is 5.56 Å². The van der Waals surface area contributed by atoms with Crippen LogP contribution in [0.4, 0.5) is 13.2 Å². The second-order valence-corrected chi connectivity index (χ2v) is 4.88. The average Bonchev–Trinajstić information content (AvgIpc) is 2.58. The highest BCUT2D eigenvalue weighted by Gasteiger charge is 2.52. The number of hydrogen-bond acceptors (Lipinski definition) is 1. The molecule has 2 aromatic rings. The van der Waals surface area contributed by atoms with Crippen LogP contribution in [0.15, 0.2) is 28.9 Å². The van der Waals surface area contributed by atoms with Crippen molar-refractivity contribution in [2.45, 2.75) is 18.7 Å². The van der Waals surface area contributed by atoms with E-state index in [0.29, 0.717) is 10.9 Å². The van der Waals surface area contributed by atoms with Crippen LogP contribution in [0.2, 0.25) is 0 Å². The highest BCUT2D eigenvalue weighted by atomic mass is 79.9. The molecule has 2 rings (SSSR count). The standard InChI is InChI=1S/C11H9BrF3NO/c1-10(17,11(13,14)15)8-5-16-9-4-6(12)2-3-7(8)9/h2-5,16-17H,1H3/t10-/m0/s1. The first-order valence-electron chi connectivity index (χ1n) is 4.79. The Morgan fingerprint density at radius 2 is 1.94 bits per heavy atom. The molecule has 0 radical (unpaired) electrons. The Morgan fingerprint density at radius 3 is 2.53 bits per heavy atom. The van der Waals surface area contributed by atoms with Gasteiger partial charge in [0.1, 0.15) is 0 Å². The topological polar surface area (TPSA) is 36.0 Å². The molecule has 1 aromatic heterocycles. The van der Waals surface area contributed by atoms with E-state index in [1.54, 1.807) is 12.1 Å². The predicted molar refractivity (Wildman–Crippen MR) is 61.6 cm³/mol. The van der Waals surface area contributed by atoms with Gasteiger partial charge in [-0.1, -0.05) is 22.0 Å². The fraction of sp³-hybridized carbons (Fsp3) is 0.273. The third kappa shape index (κ3) is 1.95. The van der Waals surface area contributed by atoms with Gasteiger partial charge in [-0.2, -0.15) is 13.2 Å². The number of benzene rings is 1. The Kier molecular flexibility index (Phi) is 2.74. The molecule has 92 valence electrons. The number of halogens is 4. The number of aromatic nitrogens is 1. The summed E-state index contributed by atoms with van der Waals surface area (Å²) in [6.45, 7) is 0.748. The van der Waals surface area contributed by atoms with Crippen LogP contribution in [0, 0.1) is 0 Å². The molecule has 17 heavy (non-hydrogen) atoms. The fourth-order valence-electron chi connectivity index (χ4n) is 1.65. The quantitative estimate of drug-likeness (QED) is 0.828. The minimum atomic E-state index is -4.71. The molecule has 0 bridgehead atoms. The molecule has 0 spiro atoms. The molecule has 0 aliphatic heterocycles. The van der Waals surface area contributed by atoms with Crippen LogP contribution in [0.25, 0.3) is 10.9 Å². The number of aromatic amines is 1. The van der Waals surface area contributed by atoms with Gasteiger partial charge in [0.15, 0.2) is 5.60 Å². The number of rotatable bonds is 1. The van der Waals surface area contributed by atoms with E-state index in [4.69, 9.17) is 0 Å². The largest absolute Gasteiger partial charge is 0.421 e. The maximum atomic E-state index is 12.7. The summed E-state index contributed by atoms with van der Waals surface area (Å²) >= 11 is 3.23. The summed E-state index contributed by atoms with van der Waals surface area (Å²) in [6, 6.07) is 4.82. The normalized spacial score (nSPS) is 16.1. The lowest BCUT2D eigenvalue weighted by Gasteiger charge is -2.25. The zero-order valence-corrected chi connectivity index (χ0v) is 10.4. The van der Waals surface area contributed by atoms with Gasteiger partial charge in [-0.15, -0.1) is 0 Å². The first-order chi connectivity index (χ1) is 7.73. The van der Waals surface area contributed by atoms with Crippen molar-refractivity contribution in [2.75, 3.05) is 0 Å². The molecular formula is C11H9BrF3NO. The lowest BCUT2D eigenvalue weighted by Crippen LogP contribution is -2.39. The summed E-state index contributed by atoms with van der Waals surface area (Å²) in [5, 5.41) is 9.98. The van der Waals surface area contributed by atoms with Crippen LogP contribution in [0.3, 0.4) is 0 Å². The van der Waals surface area contributed by atoms with Crippen LogP contribution in [0.5, 0.6) is 0 Å². The van der Waals surface area contributed by atoms with Gasteiger partial charge in [-0.3, -0.25) is 0 Å². The molecule has 1 aromatic carbocycles. The molecule has 0 saturated carbocycles. The Bertz CT molecular complexity index is 559. The van der Waals surface area contributed by atoms with E-state index in [1.165, 1.54) is 12.3 Å². The third-order valence-electron chi connectivity index (χ3n) is 2.72. The molecule has 1 heterocycles. The zero-order chi connectivity index (χ0) is 12.8. The molecule has 0 amide bonds.